The summed E-state index contributed by atoms with van der Waals surface area (Å²) in [4.78, 5) is 13.0. The van der Waals surface area contributed by atoms with Crippen molar-refractivity contribution in [3.05, 3.63) is 78.4 Å². The van der Waals surface area contributed by atoms with Gasteiger partial charge < -0.3 is 14.8 Å². The van der Waals surface area contributed by atoms with Crippen LogP contribution in [-0.2, 0) is 14.8 Å². The number of amides is 1. The van der Waals surface area contributed by atoms with Crippen molar-refractivity contribution < 1.29 is 22.7 Å². The largest absolute Gasteiger partial charge is 0.497 e. The normalized spacial score (nSPS) is 11.2. The van der Waals surface area contributed by atoms with Crippen LogP contribution in [0.15, 0.2) is 77.7 Å². The van der Waals surface area contributed by atoms with E-state index in [2.05, 4.69) is 5.32 Å². The Bertz CT molecular complexity index is 1210. The molecule has 0 unspecified atom stereocenters. The maximum atomic E-state index is 13.5. The second-order valence-corrected chi connectivity index (χ2v) is 9.63. The van der Waals surface area contributed by atoms with Gasteiger partial charge in [0.2, 0.25) is 5.91 Å². The summed E-state index contributed by atoms with van der Waals surface area (Å²) in [5.74, 6) is 0.602. The third-order valence-corrected chi connectivity index (χ3v) is 6.52. The van der Waals surface area contributed by atoms with Crippen LogP contribution in [0, 0.1) is 6.92 Å². The number of aryl methyl sites for hydroxylation is 1. The molecule has 0 aliphatic rings. The van der Waals surface area contributed by atoms with Gasteiger partial charge in [0.05, 0.1) is 23.8 Å². The summed E-state index contributed by atoms with van der Waals surface area (Å²) in [5, 5.41) is 2.76. The van der Waals surface area contributed by atoms with Crippen molar-refractivity contribution in [2.75, 3.05) is 23.3 Å². The summed E-state index contributed by atoms with van der Waals surface area (Å²) < 4.78 is 39.0. The Hall–Kier alpha value is -3.52. The summed E-state index contributed by atoms with van der Waals surface area (Å²) >= 11 is 0. The fraction of sp³-hybridized carbons (Fsp3) is 0.240. The van der Waals surface area contributed by atoms with E-state index in [0.29, 0.717) is 22.9 Å². The zero-order chi connectivity index (χ0) is 24.0. The van der Waals surface area contributed by atoms with Gasteiger partial charge in [-0.15, -0.1) is 0 Å². The molecule has 7 nitrogen and oxygen atoms in total. The molecule has 3 aromatic rings. The van der Waals surface area contributed by atoms with E-state index in [9.17, 15) is 13.2 Å². The van der Waals surface area contributed by atoms with Crippen LogP contribution in [0.4, 0.5) is 11.4 Å². The van der Waals surface area contributed by atoms with Crippen molar-refractivity contribution in [1.82, 2.24) is 0 Å². The quantitative estimate of drug-likeness (QED) is 0.495. The monoisotopic (exact) mass is 468 g/mol. The molecular weight excluding hydrogens is 440 g/mol. The summed E-state index contributed by atoms with van der Waals surface area (Å²) in [6.07, 6.45) is -0.0147. The van der Waals surface area contributed by atoms with Crippen LogP contribution >= 0.6 is 0 Å². The van der Waals surface area contributed by atoms with Gasteiger partial charge in [0.1, 0.15) is 18.0 Å². The Morgan fingerprint density at radius 3 is 2.30 bits per heavy atom. The maximum Gasteiger partial charge on any atom is 0.264 e. The molecule has 3 rings (SSSR count). The van der Waals surface area contributed by atoms with Gasteiger partial charge in [-0.2, -0.15) is 0 Å². The molecule has 0 atom stereocenters. The Kier molecular flexibility index (Phi) is 7.60. The summed E-state index contributed by atoms with van der Waals surface area (Å²) in [6.45, 7) is 5.28. The van der Waals surface area contributed by atoms with Crippen LogP contribution in [-0.4, -0.2) is 34.1 Å². The predicted octanol–water partition coefficient (Wildman–Crippen LogP) is 4.62. The van der Waals surface area contributed by atoms with Crippen LogP contribution < -0.4 is 19.1 Å². The van der Waals surface area contributed by atoms with E-state index in [1.807, 2.05) is 20.8 Å². The van der Waals surface area contributed by atoms with Crippen LogP contribution in [0.5, 0.6) is 11.5 Å². The van der Waals surface area contributed by atoms with Gasteiger partial charge in [0.15, 0.2) is 0 Å². The lowest BCUT2D eigenvalue weighted by atomic mass is 10.2. The minimum absolute atomic E-state index is 0.0147. The topological polar surface area (TPSA) is 84.9 Å². The number of sulfonamides is 1. The van der Waals surface area contributed by atoms with Crippen molar-refractivity contribution in [3.8, 4) is 11.5 Å². The van der Waals surface area contributed by atoms with Crippen molar-refractivity contribution in [1.29, 1.82) is 0 Å². The number of hydrogen-bond donors (Lipinski definition) is 1. The smallest absolute Gasteiger partial charge is 0.264 e. The number of anilines is 2. The van der Waals surface area contributed by atoms with Gasteiger partial charge >= 0.3 is 0 Å². The average Bonchev–Trinajstić information content (AvgIpc) is 2.77. The molecule has 8 heteroatoms. The maximum absolute atomic E-state index is 13.5. The first-order chi connectivity index (χ1) is 15.7. The van der Waals surface area contributed by atoms with E-state index >= 15 is 0 Å². The lowest BCUT2D eigenvalue weighted by molar-refractivity contribution is -0.114. The van der Waals surface area contributed by atoms with E-state index in [1.165, 1.54) is 19.2 Å². The van der Waals surface area contributed by atoms with Crippen molar-refractivity contribution >= 4 is 27.3 Å². The summed E-state index contributed by atoms with van der Waals surface area (Å²) in [7, 11) is -2.52. The van der Waals surface area contributed by atoms with Crippen LogP contribution in [0.2, 0.25) is 0 Å². The van der Waals surface area contributed by atoms with Crippen molar-refractivity contribution in [2.24, 2.45) is 0 Å². The Morgan fingerprint density at radius 2 is 1.64 bits per heavy atom. The van der Waals surface area contributed by atoms with E-state index in [1.54, 1.807) is 60.7 Å². The fourth-order valence-electron chi connectivity index (χ4n) is 3.17. The second kappa shape index (κ2) is 10.4. The first kappa shape index (κ1) is 24.1. The molecule has 3 aromatic carbocycles. The Labute approximate surface area is 195 Å². The molecule has 0 fully saturated rings. The first-order valence-electron chi connectivity index (χ1n) is 10.5. The minimum Gasteiger partial charge on any atom is -0.497 e. The molecule has 0 saturated heterocycles. The van der Waals surface area contributed by atoms with Gasteiger partial charge in [0.25, 0.3) is 10.0 Å². The average molecular weight is 469 g/mol. The molecule has 0 radical (unpaired) electrons. The van der Waals surface area contributed by atoms with Crippen molar-refractivity contribution in [2.45, 2.75) is 31.8 Å². The highest BCUT2D eigenvalue weighted by molar-refractivity contribution is 7.92. The van der Waals surface area contributed by atoms with Crippen LogP contribution in [0.3, 0.4) is 0 Å². The number of methoxy groups -OCH3 is 1. The van der Waals surface area contributed by atoms with Gasteiger partial charge in [-0.1, -0.05) is 29.8 Å². The standard InChI is InChI=1S/C25H28N2O5S/c1-18(2)32-23-10-5-7-20(15-23)26-25(28)17-27(21-8-6-9-22(16-21)31-4)33(29,30)24-13-11-19(3)12-14-24/h5-16,18H,17H2,1-4H3,(H,26,28). The molecule has 0 aromatic heterocycles. The number of ether oxygens (including phenoxy) is 2. The Morgan fingerprint density at radius 1 is 0.970 bits per heavy atom. The predicted molar refractivity (Wildman–Crippen MR) is 130 cm³/mol. The molecule has 174 valence electrons. The lowest BCUT2D eigenvalue weighted by Crippen LogP contribution is -2.38. The number of carbonyl (C=O) groups is 1. The highest BCUT2D eigenvalue weighted by Gasteiger charge is 2.27. The van der Waals surface area contributed by atoms with E-state index in [-0.39, 0.29) is 11.0 Å². The highest BCUT2D eigenvalue weighted by atomic mass is 32.2. The molecule has 0 heterocycles. The summed E-state index contributed by atoms with van der Waals surface area (Å²) in [5.41, 5.74) is 1.77. The van der Waals surface area contributed by atoms with Crippen LogP contribution in [0.25, 0.3) is 0 Å². The van der Waals surface area contributed by atoms with Gasteiger partial charge in [-0.05, 0) is 57.2 Å². The highest BCUT2D eigenvalue weighted by Crippen LogP contribution is 2.27. The zero-order valence-corrected chi connectivity index (χ0v) is 19.9. The van der Waals surface area contributed by atoms with Gasteiger partial charge in [0, 0.05) is 17.8 Å². The molecule has 1 amide bonds. The van der Waals surface area contributed by atoms with Crippen LogP contribution in [0.1, 0.15) is 19.4 Å². The van der Waals surface area contributed by atoms with E-state index in [0.717, 1.165) is 9.87 Å². The molecule has 0 bridgehead atoms. The number of benzene rings is 3. The molecule has 1 N–H and O–H groups in total. The number of hydrogen-bond acceptors (Lipinski definition) is 5. The third-order valence-electron chi connectivity index (χ3n) is 4.73. The number of nitrogens with zero attached hydrogens (tertiary/aromatic N) is 1. The number of carbonyl (C=O) groups excluding carboxylic acids is 1. The number of nitrogens with one attached hydrogen (secondary N) is 1. The van der Waals surface area contributed by atoms with Gasteiger partial charge in [-0.25, -0.2) is 8.42 Å². The van der Waals surface area contributed by atoms with E-state index in [4.69, 9.17) is 9.47 Å². The second-order valence-electron chi connectivity index (χ2n) is 7.77. The lowest BCUT2D eigenvalue weighted by Gasteiger charge is -2.24. The molecule has 0 aliphatic heterocycles. The fourth-order valence-corrected chi connectivity index (χ4v) is 4.58. The molecule has 0 spiro atoms. The van der Waals surface area contributed by atoms with Crippen molar-refractivity contribution in [3.63, 3.8) is 0 Å². The number of rotatable bonds is 9. The molecular formula is C25H28N2O5S. The third kappa shape index (κ3) is 6.26. The zero-order valence-electron chi connectivity index (χ0n) is 19.1. The van der Waals surface area contributed by atoms with E-state index < -0.39 is 22.5 Å². The molecule has 0 saturated carbocycles. The minimum atomic E-state index is -4.02. The molecule has 0 aliphatic carbocycles. The molecule has 33 heavy (non-hydrogen) atoms. The SMILES string of the molecule is COc1cccc(N(CC(=O)Nc2cccc(OC(C)C)c2)S(=O)(=O)c2ccc(C)cc2)c1. The Balaban J connectivity index is 1.91. The summed E-state index contributed by atoms with van der Waals surface area (Å²) in [6, 6.07) is 20.1. The van der Waals surface area contributed by atoms with Gasteiger partial charge in [-0.3, -0.25) is 9.10 Å². The first-order valence-corrected chi connectivity index (χ1v) is 11.9.